The molecule has 0 aliphatic rings. The summed E-state index contributed by atoms with van der Waals surface area (Å²) in [6.07, 6.45) is 1.52. The van der Waals surface area contributed by atoms with Crippen molar-refractivity contribution in [1.29, 1.82) is 0 Å². The molecule has 0 aliphatic heterocycles. The topological polar surface area (TPSA) is 85.6 Å². The molecule has 2 N–H and O–H groups in total. The number of ether oxygens (including phenoxy) is 2. The first-order chi connectivity index (χ1) is 11.6. The molecular weight excluding hydrogens is 503 g/mol. The molecule has 2 aromatic rings. The van der Waals surface area contributed by atoms with Gasteiger partial charge >= 0.3 is 0 Å². The van der Waals surface area contributed by atoms with Gasteiger partial charge in [0.15, 0.2) is 17.5 Å². The summed E-state index contributed by atoms with van der Waals surface area (Å²) < 4.78 is 13.3. The quantitative estimate of drug-likeness (QED) is 0.342. The van der Waals surface area contributed by atoms with E-state index in [1.807, 2.05) is 19.2 Å². The maximum atomic E-state index is 5.34. The number of benzene rings is 1. The van der Waals surface area contributed by atoms with Crippen molar-refractivity contribution in [2.45, 2.75) is 13.1 Å². The van der Waals surface area contributed by atoms with E-state index in [2.05, 4.69) is 41.6 Å². The van der Waals surface area contributed by atoms with E-state index in [1.165, 1.54) is 6.33 Å². The minimum atomic E-state index is 0. The second-order valence-corrected chi connectivity index (χ2v) is 5.73. The summed E-state index contributed by atoms with van der Waals surface area (Å²) in [7, 11) is 6.79. The van der Waals surface area contributed by atoms with Gasteiger partial charge in [0.25, 0.3) is 0 Å². The minimum Gasteiger partial charge on any atom is -0.493 e. The Bertz CT molecular complexity index is 722. The van der Waals surface area contributed by atoms with E-state index >= 15 is 0 Å². The minimum absolute atomic E-state index is 0. The van der Waals surface area contributed by atoms with Crippen molar-refractivity contribution < 1.29 is 9.47 Å². The smallest absolute Gasteiger partial charge is 0.191 e. The molecule has 138 valence electrons. The van der Waals surface area contributed by atoms with Crippen molar-refractivity contribution >= 4 is 45.9 Å². The van der Waals surface area contributed by atoms with Gasteiger partial charge < -0.3 is 20.1 Å². The lowest BCUT2D eigenvalue weighted by atomic mass is 10.2. The maximum absolute atomic E-state index is 5.34. The Morgan fingerprint density at radius 2 is 1.84 bits per heavy atom. The van der Waals surface area contributed by atoms with Gasteiger partial charge in [-0.25, -0.2) is 4.98 Å². The fourth-order valence-corrected chi connectivity index (χ4v) is 2.54. The Morgan fingerprint density at radius 1 is 1.20 bits per heavy atom. The number of nitrogens with zero attached hydrogens (tertiary/aromatic N) is 4. The fourth-order valence-electron chi connectivity index (χ4n) is 2.07. The highest BCUT2D eigenvalue weighted by molar-refractivity contribution is 14.0. The van der Waals surface area contributed by atoms with Crippen LogP contribution in [-0.2, 0) is 20.1 Å². The molecule has 1 aromatic heterocycles. The molecule has 1 heterocycles. The molecule has 0 radical (unpaired) electrons. The molecule has 0 bridgehead atoms. The molecular formula is C15H22BrIN6O2. The Kier molecular flexibility index (Phi) is 8.97. The summed E-state index contributed by atoms with van der Waals surface area (Å²) >= 11 is 3.55. The van der Waals surface area contributed by atoms with E-state index in [1.54, 1.807) is 25.9 Å². The Hall–Kier alpha value is -1.56. The van der Waals surface area contributed by atoms with Crippen LogP contribution in [0.2, 0.25) is 0 Å². The van der Waals surface area contributed by atoms with Crippen LogP contribution in [-0.4, -0.2) is 42.0 Å². The zero-order valence-corrected chi connectivity index (χ0v) is 18.5. The van der Waals surface area contributed by atoms with Crippen LogP contribution in [0.15, 0.2) is 27.9 Å². The molecule has 10 heteroatoms. The molecule has 0 saturated carbocycles. The van der Waals surface area contributed by atoms with Gasteiger partial charge in [-0.3, -0.25) is 9.67 Å². The molecule has 8 nitrogen and oxygen atoms in total. The third-order valence-corrected chi connectivity index (χ3v) is 4.18. The average molecular weight is 525 g/mol. The van der Waals surface area contributed by atoms with Gasteiger partial charge in [0.2, 0.25) is 0 Å². The molecule has 0 saturated heterocycles. The number of hydrogen-bond donors (Lipinski definition) is 2. The lowest BCUT2D eigenvalue weighted by molar-refractivity contribution is 0.354. The number of methoxy groups -OCH3 is 2. The predicted molar refractivity (Wildman–Crippen MR) is 111 cm³/mol. The molecule has 0 atom stereocenters. The summed E-state index contributed by atoms with van der Waals surface area (Å²) in [4.78, 5) is 8.37. The van der Waals surface area contributed by atoms with E-state index < -0.39 is 0 Å². The third kappa shape index (κ3) is 5.73. The standard InChI is InChI=1S/C15H21BrN6O2.HI/c1-17-15(19-8-14-20-9-21-22(14)2)18-7-10-5-12(23-3)13(24-4)6-11(10)16;/h5-6,9H,7-8H2,1-4H3,(H2,17,18,19);1H. The van der Waals surface area contributed by atoms with E-state index in [4.69, 9.17) is 9.47 Å². The van der Waals surface area contributed by atoms with Crippen molar-refractivity contribution in [3.05, 3.63) is 34.3 Å². The fraction of sp³-hybridized carbons (Fsp3) is 0.400. The highest BCUT2D eigenvalue weighted by atomic mass is 127. The number of halogens is 2. The van der Waals surface area contributed by atoms with Crippen LogP contribution in [0, 0.1) is 0 Å². The van der Waals surface area contributed by atoms with Crippen molar-refractivity contribution in [2.24, 2.45) is 12.0 Å². The van der Waals surface area contributed by atoms with Gasteiger partial charge in [-0.2, -0.15) is 5.10 Å². The lowest BCUT2D eigenvalue weighted by Gasteiger charge is -2.14. The van der Waals surface area contributed by atoms with Crippen molar-refractivity contribution in [3.63, 3.8) is 0 Å². The normalized spacial score (nSPS) is 10.8. The lowest BCUT2D eigenvalue weighted by Crippen LogP contribution is -2.37. The van der Waals surface area contributed by atoms with E-state index in [0.717, 1.165) is 15.9 Å². The number of guanidine groups is 1. The Morgan fingerprint density at radius 3 is 2.40 bits per heavy atom. The van der Waals surface area contributed by atoms with Crippen LogP contribution in [0.1, 0.15) is 11.4 Å². The van der Waals surface area contributed by atoms with Crippen LogP contribution in [0.5, 0.6) is 11.5 Å². The zero-order chi connectivity index (χ0) is 17.5. The van der Waals surface area contributed by atoms with Gasteiger partial charge in [-0.1, -0.05) is 15.9 Å². The average Bonchev–Trinajstić information content (AvgIpc) is 3.00. The summed E-state index contributed by atoms with van der Waals surface area (Å²) in [5.41, 5.74) is 1.02. The van der Waals surface area contributed by atoms with Gasteiger partial charge in [0, 0.05) is 25.1 Å². The largest absolute Gasteiger partial charge is 0.493 e. The van der Waals surface area contributed by atoms with Gasteiger partial charge in [0.05, 0.1) is 20.8 Å². The second-order valence-electron chi connectivity index (χ2n) is 4.88. The first-order valence-electron chi connectivity index (χ1n) is 7.26. The number of hydrogen-bond acceptors (Lipinski definition) is 5. The van der Waals surface area contributed by atoms with Crippen LogP contribution < -0.4 is 20.1 Å². The Balaban J connectivity index is 0.00000312. The van der Waals surface area contributed by atoms with Crippen molar-refractivity contribution in [3.8, 4) is 11.5 Å². The summed E-state index contributed by atoms with van der Waals surface area (Å²) in [6.45, 7) is 1.10. The van der Waals surface area contributed by atoms with E-state index in [-0.39, 0.29) is 24.0 Å². The summed E-state index contributed by atoms with van der Waals surface area (Å²) in [6, 6.07) is 3.80. The molecule has 0 spiro atoms. The molecule has 0 fully saturated rings. The van der Waals surface area contributed by atoms with Crippen LogP contribution in [0.4, 0.5) is 0 Å². The molecule has 0 unspecified atom stereocenters. The zero-order valence-electron chi connectivity index (χ0n) is 14.5. The van der Waals surface area contributed by atoms with Crippen LogP contribution >= 0.6 is 39.9 Å². The molecule has 25 heavy (non-hydrogen) atoms. The molecule has 0 aliphatic carbocycles. The molecule has 1 aromatic carbocycles. The van der Waals surface area contributed by atoms with Gasteiger partial charge in [-0.15, -0.1) is 24.0 Å². The van der Waals surface area contributed by atoms with Crippen LogP contribution in [0.3, 0.4) is 0 Å². The molecule has 0 amide bonds. The van der Waals surface area contributed by atoms with E-state index in [0.29, 0.717) is 30.5 Å². The Labute approximate surface area is 172 Å². The second kappa shape index (κ2) is 10.4. The number of aryl methyl sites for hydroxylation is 1. The summed E-state index contributed by atoms with van der Waals surface area (Å²) in [5, 5.41) is 10.5. The van der Waals surface area contributed by atoms with Gasteiger partial charge in [-0.05, 0) is 17.7 Å². The predicted octanol–water partition coefficient (Wildman–Crippen LogP) is 2.08. The highest BCUT2D eigenvalue weighted by Crippen LogP contribution is 2.33. The van der Waals surface area contributed by atoms with E-state index in [9.17, 15) is 0 Å². The SMILES string of the molecule is CN=C(NCc1cc(OC)c(OC)cc1Br)NCc1ncnn1C.I. The van der Waals surface area contributed by atoms with Crippen molar-refractivity contribution in [2.75, 3.05) is 21.3 Å². The summed E-state index contributed by atoms with van der Waals surface area (Å²) in [5.74, 6) is 2.85. The van der Waals surface area contributed by atoms with Crippen LogP contribution in [0.25, 0.3) is 0 Å². The molecule has 2 rings (SSSR count). The van der Waals surface area contributed by atoms with Crippen molar-refractivity contribution in [1.82, 2.24) is 25.4 Å². The monoisotopic (exact) mass is 524 g/mol. The number of aliphatic imine (C=N–C) groups is 1. The number of nitrogens with one attached hydrogen (secondary N) is 2. The first kappa shape index (κ1) is 21.5. The number of rotatable bonds is 6. The number of aromatic nitrogens is 3. The first-order valence-corrected chi connectivity index (χ1v) is 8.06. The maximum Gasteiger partial charge on any atom is 0.191 e. The third-order valence-electron chi connectivity index (χ3n) is 3.44. The van der Waals surface area contributed by atoms with Gasteiger partial charge in [0.1, 0.15) is 12.2 Å². The highest BCUT2D eigenvalue weighted by Gasteiger charge is 2.10.